The van der Waals surface area contributed by atoms with Gasteiger partial charge in [0.15, 0.2) is 0 Å². The topological polar surface area (TPSA) is 79.7 Å². The second-order valence-electron chi connectivity index (χ2n) is 6.92. The third-order valence-corrected chi connectivity index (χ3v) is 5.12. The molecule has 6 heteroatoms. The summed E-state index contributed by atoms with van der Waals surface area (Å²) in [5.41, 5.74) is 2.11. The van der Waals surface area contributed by atoms with Gasteiger partial charge in [-0.1, -0.05) is 42.5 Å². The lowest BCUT2D eigenvalue weighted by atomic mass is 9.95. The normalized spacial score (nSPS) is 17.9. The van der Waals surface area contributed by atoms with E-state index in [0.29, 0.717) is 16.9 Å². The van der Waals surface area contributed by atoms with Gasteiger partial charge in [0.05, 0.1) is 18.7 Å². The average molecular weight is 400 g/mol. The zero-order valence-electron chi connectivity index (χ0n) is 16.4. The molecule has 0 saturated carbocycles. The molecule has 1 N–H and O–H groups in total. The van der Waals surface area contributed by atoms with E-state index in [9.17, 15) is 14.7 Å². The summed E-state index contributed by atoms with van der Waals surface area (Å²) in [6.45, 7) is 0.218. The largest absolute Gasteiger partial charge is 0.507 e. The van der Waals surface area contributed by atoms with Gasteiger partial charge in [-0.3, -0.25) is 14.6 Å². The van der Waals surface area contributed by atoms with Crippen molar-refractivity contribution in [2.45, 2.75) is 12.6 Å². The third-order valence-electron chi connectivity index (χ3n) is 5.12. The molecule has 1 fully saturated rings. The number of nitrogens with zero attached hydrogens (tertiary/aromatic N) is 2. The van der Waals surface area contributed by atoms with Crippen molar-refractivity contribution >= 4 is 17.4 Å². The molecule has 6 nitrogen and oxygen atoms in total. The number of aliphatic hydroxyl groups excluding tert-OH is 1. The summed E-state index contributed by atoms with van der Waals surface area (Å²) < 4.78 is 5.22. The maximum Gasteiger partial charge on any atom is 0.295 e. The zero-order valence-corrected chi connectivity index (χ0v) is 16.4. The van der Waals surface area contributed by atoms with Crippen LogP contribution in [0.3, 0.4) is 0 Å². The van der Waals surface area contributed by atoms with Crippen LogP contribution in [0.4, 0.5) is 0 Å². The van der Waals surface area contributed by atoms with Gasteiger partial charge in [-0.15, -0.1) is 0 Å². The number of aliphatic hydroxyl groups is 1. The summed E-state index contributed by atoms with van der Waals surface area (Å²) in [5.74, 6) is -0.878. The van der Waals surface area contributed by atoms with Crippen molar-refractivity contribution in [3.63, 3.8) is 0 Å². The fourth-order valence-electron chi connectivity index (χ4n) is 3.61. The molecule has 1 unspecified atom stereocenters. The molecule has 1 atom stereocenters. The van der Waals surface area contributed by atoms with Crippen molar-refractivity contribution in [2.75, 3.05) is 7.11 Å². The van der Waals surface area contributed by atoms with Gasteiger partial charge in [0, 0.05) is 24.5 Å². The zero-order chi connectivity index (χ0) is 21.1. The van der Waals surface area contributed by atoms with Crippen LogP contribution in [0, 0.1) is 0 Å². The number of hydrogen-bond acceptors (Lipinski definition) is 5. The molecule has 4 rings (SSSR count). The Morgan fingerprint density at radius 3 is 2.30 bits per heavy atom. The van der Waals surface area contributed by atoms with Crippen molar-refractivity contribution in [1.29, 1.82) is 0 Å². The molecule has 1 saturated heterocycles. The quantitative estimate of drug-likeness (QED) is 0.401. The molecule has 1 aromatic heterocycles. The van der Waals surface area contributed by atoms with Gasteiger partial charge < -0.3 is 14.7 Å². The molecule has 1 aliphatic heterocycles. The summed E-state index contributed by atoms with van der Waals surface area (Å²) in [7, 11) is 1.57. The number of rotatable bonds is 5. The van der Waals surface area contributed by atoms with Crippen LogP contribution in [0.5, 0.6) is 5.75 Å². The standard InChI is InChI=1S/C24H20N2O4/c1-30-19-9-7-17(8-10-19)21-20(22(27)18-5-3-2-4-6-18)23(28)24(29)26(21)15-16-11-13-25-14-12-16/h2-14,21,27H,15H2,1H3/b22-20+. The molecule has 1 amide bonds. The summed E-state index contributed by atoms with van der Waals surface area (Å²) in [4.78, 5) is 31.4. The first-order valence-corrected chi connectivity index (χ1v) is 9.47. The van der Waals surface area contributed by atoms with Crippen LogP contribution >= 0.6 is 0 Å². The van der Waals surface area contributed by atoms with Crippen LogP contribution in [0.2, 0.25) is 0 Å². The summed E-state index contributed by atoms with van der Waals surface area (Å²) in [5, 5.41) is 11.0. The minimum Gasteiger partial charge on any atom is -0.507 e. The minimum absolute atomic E-state index is 0.0745. The van der Waals surface area contributed by atoms with Crippen LogP contribution in [0.25, 0.3) is 5.76 Å². The molecule has 2 heterocycles. The fraction of sp³-hybridized carbons (Fsp3) is 0.125. The predicted molar refractivity (Wildman–Crippen MR) is 112 cm³/mol. The number of likely N-dealkylation sites (tertiary alicyclic amines) is 1. The van der Waals surface area contributed by atoms with Crippen molar-refractivity contribution in [3.05, 3.63) is 101 Å². The van der Waals surface area contributed by atoms with Gasteiger partial charge in [-0.25, -0.2) is 0 Å². The smallest absolute Gasteiger partial charge is 0.295 e. The van der Waals surface area contributed by atoms with E-state index >= 15 is 0 Å². The Bertz CT molecular complexity index is 1090. The van der Waals surface area contributed by atoms with E-state index in [0.717, 1.165) is 5.56 Å². The van der Waals surface area contributed by atoms with E-state index < -0.39 is 17.7 Å². The fourth-order valence-corrected chi connectivity index (χ4v) is 3.61. The molecule has 0 spiro atoms. The monoisotopic (exact) mass is 400 g/mol. The maximum absolute atomic E-state index is 13.0. The van der Waals surface area contributed by atoms with Crippen LogP contribution in [-0.4, -0.2) is 33.8 Å². The molecule has 0 bridgehead atoms. The van der Waals surface area contributed by atoms with Crippen molar-refractivity contribution < 1.29 is 19.4 Å². The molecule has 0 aliphatic carbocycles. The first-order valence-electron chi connectivity index (χ1n) is 9.47. The van der Waals surface area contributed by atoms with Crippen LogP contribution in [-0.2, 0) is 16.1 Å². The Morgan fingerprint density at radius 2 is 1.67 bits per heavy atom. The number of benzene rings is 2. The molecule has 150 valence electrons. The van der Waals surface area contributed by atoms with Gasteiger partial charge >= 0.3 is 0 Å². The number of hydrogen-bond donors (Lipinski definition) is 1. The van der Waals surface area contributed by atoms with Crippen LogP contribution < -0.4 is 4.74 Å². The van der Waals surface area contributed by atoms with Gasteiger partial charge in [-0.05, 0) is 35.4 Å². The lowest BCUT2D eigenvalue weighted by Gasteiger charge is -2.25. The number of pyridine rings is 1. The van der Waals surface area contributed by atoms with Gasteiger partial charge in [0.2, 0.25) is 0 Å². The van der Waals surface area contributed by atoms with E-state index in [4.69, 9.17) is 4.74 Å². The van der Waals surface area contributed by atoms with Crippen molar-refractivity contribution in [2.24, 2.45) is 0 Å². The highest BCUT2D eigenvalue weighted by Gasteiger charge is 2.46. The van der Waals surface area contributed by atoms with Gasteiger partial charge in [-0.2, -0.15) is 0 Å². The third kappa shape index (κ3) is 3.55. The number of methoxy groups -OCH3 is 1. The Hall–Kier alpha value is -3.93. The van der Waals surface area contributed by atoms with Crippen LogP contribution in [0.15, 0.2) is 84.7 Å². The van der Waals surface area contributed by atoms with Gasteiger partial charge in [0.25, 0.3) is 11.7 Å². The second kappa shape index (κ2) is 8.21. The summed E-state index contributed by atoms with van der Waals surface area (Å²) in [6, 6.07) is 18.8. The van der Waals surface area contributed by atoms with E-state index in [2.05, 4.69) is 4.98 Å². The molecule has 1 aliphatic rings. The molecule has 0 radical (unpaired) electrons. The predicted octanol–water partition coefficient (Wildman–Crippen LogP) is 3.71. The molecule has 2 aromatic carbocycles. The van der Waals surface area contributed by atoms with Crippen molar-refractivity contribution in [3.8, 4) is 5.75 Å². The number of ketones is 1. The number of carbonyl (C=O) groups excluding carboxylic acids is 2. The SMILES string of the molecule is COc1ccc(C2/C(=C(\O)c3ccccc3)C(=O)C(=O)N2Cc2ccncc2)cc1. The molecule has 3 aromatic rings. The first kappa shape index (κ1) is 19.4. The number of carbonyl (C=O) groups is 2. The Balaban J connectivity index is 1.85. The molecular formula is C24H20N2O4. The minimum atomic E-state index is -0.718. The number of amides is 1. The molecule has 30 heavy (non-hydrogen) atoms. The highest BCUT2D eigenvalue weighted by molar-refractivity contribution is 6.46. The van der Waals surface area contributed by atoms with E-state index in [1.54, 1.807) is 80.2 Å². The maximum atomic E-state index is 13.0. The average Bonchev–Trinajstić information content (AvgIpc) is 3.05. The van der Waals surface area contributed by atoms with E-state index in [-0.39, 0.29) is 17.9 Å². The summed E-state index contributed by atoms with van der Waals surface area (Å²) in [6.07, 6.45) is 3.27. The number of ether oxygens (including phenoxy) is 1. The van der Waals surface area contributed by atoms with Crippen molar-refractivity contribution in [1.82, 2.24) is 9.88 Å². The number of aromatic nitrogens is 1. The van der Waals surface area contributed by atoms with Gasteiger partial charge in [0.1, 0.15) is 11.5 Å². The summed E-state index contributed by atoms with van der Waals surface area (Å²) >= 11 is 0. The first-order chi connectivity index (χ1) is 14.6. The Kier molecular flexibility index (Phi) is 5.30. The van der Waals surface area contributed by atoms with E-state index in [1.807, 2.05) is 6.07 Å². The van der Waals surface area contributed by atoms with E-state index in [1.165, 1.54) is 4.90 Å². The highest BCUT2D eigenvalue weighted by atomic mass is 16.5. The Labute approximate surface area is 174 Å². The lowest BCUT2D eigenvalue weighted by molar-refractivity contribution is -0.140. The second-order valence-corrected chi connectivity index (χ2v) is 6.92. The molecular weight excluding hydrogens is 380 g/mol. The van der Waals surface area contributed by atoms with Crippen LogP contribution in [0.1, 0.15) is 22.7 Å². The lowest BCUT2D eigenvalue weighted by Crippen LogP contribution is -2.29. The highest BCUT2D eigenvalue weighted by Crippen LogP contribution is 2.40. The Morgan fingerprint density at radius 1 is 1.00 bits per heavy atom. The number of Topliss-reactive ketones (excluding diaryl/α,β-unsaturated/α-hetero) is 1.